The molecule has 3 atom stereocenters. The first kappa shape index (κ1) is 16.9. The number of carbonyl (C=O) groups is 1. The third kappa shape index (κ3) is 3.16. The van der Waals surface area contributed by atoms with Crippen LogP contribution in [0, 0.1) is 18.8 Å². The zero-order valence-corrected chi connectivity index (χ0v) is 15.5. The molecule has 0 radical (unpaired) electrons. The van der Waals surface area contributed by atoms with Crippen LogP contribution in [-0.4, -0.2) is 32.7 Å². The Morgan fingerprint density at radius 1 is 1.20 bits per heavy atom. The minimum atomic E-state index is -3.27. The molecule has 3 aliphatic rings. The van der Waals surface area contributed by atoms with Crippen LogP contribution < -0.4 is 9.62 Å². The van der Waals surface area contributed by atoms with Crippen molar-refractivity contribution in [3.8, 4) is 0 Å². The quantitative estimate of drug-likeness (QED) is 0.899. The van der Waals surface area contributed by atoms with Crippen LogP contribution in [0.1, 0.15) is 54.4 Å². The van der Waals surface area contributed by atoms with Crippen molar-refractivity contribution in [2.75, 3.05) is 16.6 Å². The van der Waals surface area contributed by atoms with Gasteiger partial charge in [0, 0.05) is 18.2 Å². The molecule has 136 valence electrons. The standard InChI is InChI=1S/C19H26N2O3S/c1-13-4-6-16(12-18(13)21-8-2-3-9-25(21,23)24)19(22)20-17-11-14-5-7-15(17)10-14/h4,6,12,14-15,17H,2-3,5,7-11H2,1H3,(H,20,22)/t14-,15-,17+/m0/s1. The molecule has 0 spiro atoms. The third-order valence-corrected chi connectivity index (χ3v) is 8.00. The zero-order valence-electron chi connectivity index (χ0n) is 14.7. The number of amides is 1. The van der Waals surface area contributed by atoms with Crippen LogP contribution in [-0.2, 0) is 10.0 Å². The van der Waals surface area contributed by atoms with Crippen molar-refractivity contribution in [1.82, 2.24) is 5.32 Å². The summed E-state index contributed by atoms with van der Waals surface area (Å²) in [5.74, 6) is 1.52. The van der Waals surface area contributed by atoms with Crippen LogP contribution in [0.2, 0.25) is 0 Å². The predicted molar refractivity (Wildman–Crippen MR) is 98.2 cm³/mol. The summed E-state index contributed by atoms with van der Waals surface area (Å²) in [6, 6.07) is 5.70. The SMILES string of the molecule is Cc1ccc(C(=O)N[C@@H]2C[C@H]3CC[C@H]2C3)cc1N1CCCCS1(=O)=O. The van der Waals surface area contributed by atoms with Gasteiger partial charge in [-0.15, -0.1) is 0 Å². The van der Waals surface area contributed by atoms with Gasteiger partial charge in [-0.25, -0.2) is 8.42 Å². The van der Waals surface area contributed by atoms with Gasteiger partial charge < -0.3 is 5.32 Å². The van der Waals surface area contributed by atoms with Gasteiger partial charge in [-0.2, -0.15) is 0 Å². The number of anilines is 1. The molecule has 6 heteroatoms. The summed E-state index contributed by atoms with van der Waals surface area (Å²) in [6.07, 6.45) is 6.44. The van der Waals surface area contributed by atoms with Gasteiger partial charge in [0.1, 0.15) is 0 Å². The second-order valence-electron chi connectivity index (χ2n) is 7.85. The second-order valence-corrected chi connectivity index (χ2v) is 9.86. The van der Waals surface area contributed by atoms with E-state index in [0.29, 0.717) is 30.1 Å². The fraction of sp³-hybridized carbons (Fsp3) is 0.632. The lowest BCUT2D eigenvalue weighted by Crippen LogP contribution is -2.39. The average Bonchev–Trinajstić information content (AvgIpc) is 3.18. The summed E-state index contributed by atoms with van der Waals surface area (Å²) in [4.78, 5) is 12.7. The summed E-state index contributed by atoms with van der Waals surface area (Å²) in [5, 5.41) is 3.19. The van der Waals surface area contributed by atoms with E-state index in [9.17, 15) is 13.2 Å². The number of hydrogen-bond donors (Lipinski definition) is 1. The van der Waals surface area contributed by atoms with Crippen molar-refractivity contribution < 1.29 is 13.2 Å². The third-order valence-electron chi connectivity index (χ3n) is 6.14. The number of sulfonamides is 1. The minimum Gasteiger partial charge on any atom is -0.349 e. The minimum absolute atomic E-state index is 0.0757. The molecule has 1 amide bonds. The molecule has 0 aromatic heterocycles. The molecule has 2 aliphatic carbocycles. The first-order valence-corrected chi connectivity index (χ1v) is 11.0. The number of benzene rings is 1. The summed E-state index contributed by atoms with van der Waals surface area (Å²) < 4.78 is 26.3. The van der Waals surface area contributed by atoms with E-state index in [1.165, 1.54) is 23.6 Å². The molecule has 1 aliphatic heterocycles. The lowest BCUT2D eigenvalue weighted by Gasteiger charge is -2.30. The van der Waals surface area contributed by atoms with Crippen molar-refractivity contribution in [2.24, 2.45) is 11.8 Å². The van der Waals surface area contributed by atoms with E-state index in [0.717, 1.165) is 24.3 Å². The highest BCUT2D eigenvalue weighted by atomic mass is 32.2. The van der Waals surface area contributed by atoms with Crippen LogP contribution in [0.5, 0.6) is 0 Å². The molecular weight excluding hydrogens is 336 g/mol. The molecule has 5 nitrogen and oxygen atoms in total. The highest BCUT2D eigenvalue weighted by Crippen LogP contribution is 2.44. The Labute approximate surface area is 149 Å². The molecule has 1 aromatic rings. The molecule has 1 heterocycles. The van der Waals surface area contributed by atoms with Crippen molar-refractivity contribution in [1.29, 1.82) is 0 Å². The van der Waals surface area contributed by atoms with Crippen molar-refractivity contribution in [3.05, 3.63) is 29.3 Å². The Bertz CT molecular complexity index is 790. The zero-order chi connectivity index (χ0) is 17.6. The number of hydrogen-bond acceptors (Lipinski definition) is 3. The van der Waals surface area contributed by atoms with Gasteiger partial charge in [0.25, 0.3) is 5.91 Å². The number of rotatable bonds is 3. The molecule has 1 aromatic carbocycles. The van der Waals surface area contributed by atoms with E-state index >= 15 is 0 Å². The van der Waals surface area contributed by atoms with E-state index in [4.69, 9.17) is 0 Å². The Balaban J connectivity index is 1.55. The summed E-state index contributed by atoms with van der Waals surface area (Å²) in [6.45, 7) is 2.40. The first-order chi connectivity index (χ1) is 11.9. The Hall–Kier alpha value is -1.56. The van der Waals surface area contributed by atoms with Crippen LogP contribution in [0.15, 0.2) is 18.2 Å². The van der Waals surface area contributed by atoms with E-state index in [1.807, 2.05) is 13.0 Å². The van der Waals surface area contributed by atoms with E-state index in [-0.39, 0.29) is 17.7 Å². The van der Waals surface area contributed by atoms with E-state index in [2.05, 4.69) is 5.32 Å². The molecule has 1 saturated heterocycles. The van der Waals surface area contributed by atoms with Crippen LogP contribution in [0.25, 0.3) is 0 Å². The molecule has 2 saturated carbocycles. The molecule has 3 fully saturated rings. The fourth-order valence-electron chi connectivity index (χ4n) is 4.75. The lowest BCUT2D eigenvalue weighted by molar-refractivity contribution is 0.0923. The number of carbonyl (C=O) groups excluding carboxylic acids is 1. The van der Waals surface area contributed by atoms with E-state index in [1.54, 1.807) is 12.1 Å². The molecule has 1 N–H and O–H groups in total. The maximum Gasteiger partial charge on any atom is 0.251 e. The number of nitrogens with one attached hydrogen (secondary N) is 1. The van der Waals surface area contributed by atoms with Gasteiger partial charge >= 0.3 is 0 Å². The topological polar surface area (TPSA) is 66.5 Å². The van der Waals surface area contributed by atoms with E-state index < -0.39 is 10.0 Å². The van der Waals surface area contributed by atoms with Crippen molar-refractivity contribution in [3.63, 3.8) is 0 Å². The average molecular weight is 362 g/mol. The van der Waals surface area contributed by atoms with Crippen molar-refractivity contribution >= 4 is 21.6 Å². The summed E-state index contributed by atoms with van der Waals surface area (Å²) >= 11 is 0. The van der Waals surface area contributed by atoms with Crippen LogP contribution >= 0.6 is 0 Å². The van der Waals surface area contributed by atoms with Gasteiger partial charge in [0.05, 0.1) is 11.4 Å². The molecule has 25 heavy (non-hydrogen) atoms. The highest BCUT2D eigenvalue weighted by molar-refractivity contribution is 7.92. The summed E-state index contributed by atoms with van der Waals surface area (Å²) in [7, 11) is -3.27. The largest absolute Gasteiger partial charge is 0.349 e. The molecular formula is C19H26N2O3S. The van der Waals surface area contributed by atoms with Crippen molar-refractivity contribution in [2.45, 2.75) is 51.5 Å². The number of nitrogens with zero attached hydrogens (tertiary/aromatic N) is 1. The monoisotopic (exact) mass is 362 g/mol. The van der Waals surface area contributed by atoms with Gasteiger partial charge in [-0.05, 0) is 68.6 Å². The number of aryl methyl sites for hydroxylation is 1. The highest BCUT2D eigenvalue weighted by Gasteiger charge is 2.40. The maximum atomic E-state index is 12.7. The summed E-state index contributed by atoms with van der Waals surface area (Å²) in [5.41, 5.74) is 2.10. The van der Waals surface area contributed by atoms with Gasteiger partial charge in [-0.1, -0.05) is 12.5 Å². The smallest absolute Gasteiger partial charge is 0.251 e. The fourth-order valence-corrected chi connectivity index (χ4v) is 6.44. The van der Waals surface area contributed by atoms with Crippen LogP contribution in [0.3, 0.4) is 0 Å². The first-order valence-electron chi connectivity index (χ1n) is 9.36. The molecule has 4 rings (SSSR count). The maximum absolute atomic E-state index is 12.7. The second kappa shape index (κ2) is 6.31. The number of fused-ring (bicyclic) bond motifs is 2. The predicted octanol–water partition coefficient (Wildman–Crippen LogP) is 2.84. The lowest BCUT2D eigenvalue weighted by atomic mass is 9.95. The Morgan fingerprint density at radius 2 is 2.04 bits per heavy atom. The van der Waals surface area contributed by atoms with Gasteiger partial charge in [0.2, 0.25) is 10.0 Å². The Kier molecular flexibility index (Phi) is 4.26. The molecule has 2 bridgehead atoms. The normalized spacial score (nSPS) is 30.4. The van der Waals surface area contributed by atoms with Crippen LogP contribution in [0.4, 0.5) is 5.69 Å². The van der Waals surface area contributed by atoms with Gasteiger partial charge in [-0.3, -0.25) is 9.10 Å². The van der Waals surface area contributed by atoms with Gasteiger partial charge in [0.15, 0.2) is 0 Å². The Morgan fingerprint density at radius 3 is 2.72 bits per heavy atom. The molecule has 0 unspecified atom stereocenters.